The highest BCUT2D eigenvalue weighted by Gasteiger charge is 2.21. The number of aromatic nitrogens is 3. The summed E-state index contributed by atoms with van der Waals surface area (Å²) in [5.74, 6) is -0.0476. The fraction of sp³-hybridized carbons (Fsp3) is 0.360. The van der Waals surface area contributed by atoms with Gasteiger partial charge in [-0.2, -0.15) is 0 Å². The van der Waals surface area contributed by atoms with Crippen molar-refractivity contribution in [3.05, 3.63) is 59.7 Å². The molecule has 1 saturated heterocycles. The Morgan fingerprint density at radius 1 is 1.03 bits per heavy atom. The Bertz CT molecular complexity index is 1060. The molecule has 0 spiro atoms. The molecular formula is C25H28N4O2S. The summed E-state index contributed by atoms with van der Waals surface area (Å²) in [6.45, 7) is 7.29. The third-order valence-electron chi connectivity index (χ3n) is 5.50. The third kappa shape index (κ3) is 5.53. The van der Waals surface area contributed by atoms with Gasteiger partial charge < -0.3 is 10.1 Å². The summed E-state index contributed by atoms with van der Waals surface area (Å²) in [6.07, 6.45) is 2.17. The summed E-state index contributed by atoms with van der Waals surface area (Å²) < 4.78 is 5.58. The van der Waals surface area contributed by atoms with E-state index in [1.165, 1.54) is 22.9 Å². The van der Waals surface area contributed by atoms with E-state index in [2.05, 4.69) is 53.6 Å². The fourth-order valence-corrected chi connectivity index (χ4v) is 4.29. The van der Waals surface area contributed by atoms with Gasteiger partial charge in [-0.05, 0) is 33.6 Å². The lowest BCUT2D eigenvalue weighted by molar-refractivity contribution is -0.120. The van der Waals surface area contributed by atoms with Gasteiger partial charge in [0.2, 0.25) is 11.1 Å². The molecule has 2 heterocycles. The topological polar surface area (TPSA) is 77.0 Å². The lowest BCUT2D eigenvalue weighted by Gasteiger charge is -2.15. The lowest BCUT2D eigenvalue weighted by Crippen LogP contribution is -2.36. The van der Waals surface area contributed by atoms with Crippen LogP contribution in [-0.2, 0) is 9.53 Å². The largest absolute Gasteiger partial charge is 0.376 e. The van der Waals surface area contributed by atoms with Crippen LogP contribution in [0.2, 0.25) is 0 Å². The quantitative estimate of drug-likeness (QED) is 0.533. The van der Waals surface area contributed by atoms with Gasteiger partial charge in [0, 0.05) is 24.3 Å². The van der Waals surface area contributed by atoms with E-state index in [-0.39, 0.29) is 17.3 Å². The number of aryl methyl sites for hydroxylation is 2. The molecule has 2 atom stereocenters. The van der Waals surface area contributed by atoms with E-state index in [4.69, 9.17) is 9.72 Å². The number of ether oxygens (including phenoxy) is 1. The van der Waals surface area contributed by atoms with Gasteiger partial charge >= 0.3 is 0 Å². The molecule has 0 aliphatic carbocycles. The maximum atomic E-state index is 12.6. The smallest absolute Gasteiger partial charge is 0.233 e. The van der Waals surface area contributed by atoms with Crippen molar-refractivity contribution in [2.24, 2.45) is 0 Å². The Labute approximate surface area is 193 Å². The molecule has 166 valence electrons. The van der Waals surface area contributed by atoms with Crippen molar-refractivity contribution in [2.45, 2.75) is 50.1 Å². The van der Waals surface area contributed by atoms with Crippen LogP contribution in [0, 0.1) is 13.8 Å². The van der Waals surface area contributed by atoms with Crippen LogP contribution in [0.25, 0.3) is 22.5 Å². The maximum Gasteiger partial charge on any atom is 0.233 e. The Morgan fingerprint density at radius 3 is 2.25 bits per heavy atom. The van der Waals surface area contributed by atoms with Crippen LogP contribution in [0.1, 0.15) is 30.9 Å². The summed E-state index contributed by atoms with van der Waals surface area (Å²) in [7, 11) is 0. The number of carbonyl (C=O) groups is 1. The maximum absolute atomic E-state index is 12.6. The Balaban J connectivity index is 1.56. The van der Waals surface area contributed by atoms with Crippen molar-refractivity contribution in [1.82, 2.24) is 20.5 Å². The lowest BCUT2D eigenvalue weighted by atomic mass is 10.0. The predicted molar refractivity (Wildman–Crippen MR) is 127 cm³/mol. The number of hydrogen-bond acceptors (Lipinski definition) is 6. The zero-order chi connectivity index (χ0) is 22.5. The van der Waals surface area contributed by atoms with Crippen LogP contribution >= 0.6 is 11.8 Å². The highest BCUT2D eigenvalue weighted by atomic mass is 32.2. The van der Waals surface area contributed by atoms with Gasteiger partial charge in [-0.1, -0.05) is 71.4 Å². The zero-order valence-electron chi connectivity index (χ0n) is 18.7. The number of hydrogen-bond donors (Lipinski definition) is 1. The fourth-order valence-electron chi connectivity index (χ4n) is 3.55. The van der Waals surface area contributed by atoms with E-state index >= 15 is 0 Å². The third-order valence-corrected chi connectivity index (χ3v) is 6.45. The molecule has 0 saturated carbocycles. The first kappa shape index (κ1) is 22.4. The summed E-state index contributed by atoms with van der Waals surface area (Å²) in [4.78, 5) is 17.4. The molecule has 1 amide bonds. The van der Waals surface area contributed by atoms with Crippen molar-refractivity contribution < 1.29 is 9.53 Å². The van der Waals surface area contributed by atoms with E-state index in [9.17, 15) is 4.79 Å². The molecular weight excluding hydrogens is 420 g/mol. The summed E-state index contributed by atoms with van der Waals surface area (Å²) in [6, 6.07) is 16.4. The molecule has 2 aromatic carbocycles. The first-order valence-corrected chi connectivity index (χ1v) is 11.8. The average molecular weight is 449 g/mol. The number of amides is 1. The van der Waals surface area contributed by atoms with Gasteiger partial charge in [0.25, 0.3) is 0 Å². The van der Waals surface area contributed by atoms with Crippen LogP contribution in [0.4, 0.5) is 0 Å². The number of thioether (sulfide) groups is 1. The number of carbonyl (C=O) groups excluding carboxylic acids is 1. The Kier molecular flexibility index (Phi) is 7.17. The zero-order valence-corrected chi connectivity index (χ0v) is 19.5. The summed E-state index contributed by atoms with van der Waals surface area (Å²) >= 11 is 1.31. The molecule has 6 nitrogen and oxygen atoms in total. The van der Waals surface area contributed by atoms with E-state index in [0.717, 1.165) is 42.0 Å². The summed E-state index contributed by atoms with van der Waals surface area (Å²) in [5.41, 5.74) is 5.79. The molecule has 7 heteroatoms. The second-order valence-corrected chi connectivity index (χ2v) is 9.47. The second-order valence-electron chi connectivity index (χ2n) is 8.16. The Hall–Kier alpha value is -2.77. The van der Waals surface area contributed by atoms with Gasteiger partial charge in [-0.25, -0.2) is 4.98 Å². The van der Waals surface area contributed by atoms with E-state index < -0.39 is 0 Å². The molecule has 0 radical (unpaired) electrons. The highest BCUT2D eigenvalue weighted by Crippen LogP contribution is 2.31. The van der Waals surface area contributed by atoms with Crippen molar-refractivity contribution in [3.63, 3.8) is 0 Å². The molecule has 1 fully saturated rings. The van der Waals surface area contributed by atoms with Gasteiger partial charge in [0.15, 0.2) is 0 Å². The molecule has 0 unspecified atom stereocenters. The molecule has 1 aliphatic rings. The van der Waals surface area contributed by atoms with Crippen LogP contribution in [0.15, 0.2) is 53.7 Å². The molecule has 32 heavy (non-hydrogen) atoms. The van der Waals surface area contributed by atoms with E-state index in [1.807, 2.05) is 31.2 Å². The second kappa shape index (κ2) is 10.2. The van der Waals surface area contributed by atoms with Crippen LogP contribution < -0.4 is 5.32 Å². The van der Waals surface area contributed by atoms with Gasteiger partial charge in [-0.3, -0.25) is 4.79 Å². The predicted octanol–water partition coefficient (Wildman–Crippen LogP) is 4.60. The number of nitrogens with one attached hydrogen (secondary N) is 1. The molecule has 1 aromatic heterocycles. The van der Waals surface area contributed by atoms with E-state index in [0.29, 0.717) is 11.7 Å². The minimum Gasteiger partial charge on any atom is -0.376 e. The highest BCUT2D eigenvalue weighted by molar-refractivity contribution is 8.00. The first-order chi connectivity index (χ1) is 15.5. The number of rotatable bonds is 7. The van der Waals surface area contributed by atoms with Crippen LogP contribution in [-0.4, -0.2) is 45.6 Å². The molecule has 0 bridgehead atoms. The molecule has 1 N–H and O–H groups in total. The Morgan fingerprint density at radius 2 is 1.66 bits per heavy atom. The number of nitrogens with zero attached hydrogens (tertiary/aromatic N) is 3. The van der Waals surface area contributed by atoms with Crippen molar-refractivity contribution >= 4 is 17.7 Å². The minimum atomic E-state index is -0.339. The minimum absolute atomic E-state index is 0.0476. The van der Waals surface area contributed by atoms with E-state index in [1.54, 1.807) is 0 Å². The molecule has 4 rings (SSSR count). The van der Waals surface area contributed by atoms with Crippen LogP contribution in [0.5, 0.6) is 0 Å². The van der Waals surface area contributed by atoms with Gasteiger partial charge in [-0.15, -0.1) is 10.2 Å². The van der Waals surface area contributed by atoms with Crippen molar-refractivity contribution in [3.8, 4) is 22.5 Å². The van der Waals surface area contributed by atoms with Crippen molar-refractivity contribution in [1.29, 1.82) is 0 Å². The van der Waals surface area contributed by atoms with Crippen LogP contribution in [0.3, 0.4) is 0 Å². The average Bonchev–Trinajstić information content (AvgIpc) is 3.32. The first-order valence-electron chi connectivity index (χ1n) is 10.9. The molecule has 3 aromatic rings. The SMILES string of the molecule is Cc1ccc(-c2nnc(S[C@H](C)C(=O)NC[C@@H]3CCCO3)nc2-c2ccc(C)cc2)cc1. The van der Waals surface area contributed by atoms with Gasteiger partial charge in [0.1, 0.15) is 11.4 Å². The normalized spacial score (nSPS) is 16.7. The number of benzene rings is 2. The van der Waals surface area contributed by atoms with Crippen molar-refractivity contribution in [2.75, 3.05) is 13.2 Å². The van der Waals surface area contributed by atoms with Gasteiger partial charge in [0.05, 0.1) is 11.4 Å². The standard InChI is InChI=1S/C25H28N4O2S/c1-16-6-10-19(11-7-16)22-23(20-12-8-17(2)9-13-20)28-29-25(27-22)32-18(3)24(30)26-15-21-5-4-14-31-21/h6-13,18,21H,4-5,14-15H2,1-3H3,(H,26,30)/t18-,21+/m1/s1. The molecule has 1 aliphatic heterocycles. The summed E-state index contributed by atoms with van der Waals surface area (Å²) in [5, 5.41) is 12.0. The monoisotopic (exact) mass is 448 g/mol.